The minimum atomic E-state index is -0.319. The van der Waals surface area contributed by atoms with Gasteiger partial charge in [-0.2, -0.15) is 0 Å². The highest BCUT2D eigenvalue weighted by atomic mass is 19.1. The lowest BCUT2D eigenvalue weighted by Crippen LogP contribution is -2.12. The van der Waals surface area contributed by atoms with Crippen molar-refractivity contribution in [1.29, 1.82) is 0 Å². The van der Waals surface area contributed by atoms with Crippen molar-refractivity contribution < 1.29 is 13.9 Å². The van der Waals surface area contributed by atoms with Crippen molar-refractivity contribution in [3.05, 3.63) is 78.2 Å². The van der Waals surface area contributed by atoms with Gasteiger partial charge < -0.3 is 15.4 Å². The standard InChI is InChI=1S/C19H16FN3O2/c1-25-17-7-2-4-13(10-17)19(24)23-18-9-8-16(12-21-18)22-15-6-3-5-14(20)11-15/h2-12,22H,1H3,(H,21,23,24). The van der Waals surface area contributed by atoms with Crippen LogP contribution in [0.1, 0.15) is 10.4 Å². The Morgan fingerprint density at radius 3 is 2.60 bits per heavy atom. The maximum absolute atomic E-state index is 13.2. The van der Waals surface area contributed by atoms with E-state index in [2.05, 4.69) is 15.6 Å². The maximum Gasteiger partial charge on any atom is 0.256 e. The number of nitrogens with one attached hydrogen (secondary N) is 2. The van der Waals surface area contributed by atoms with Crippen LogP contribution in [0.4, 0.5) is 21.6 Å². The summed E-state index contributed by atoms with van der Waals surface area (Å²) < 4.78 is 18.3. The van der Waals surface area contributed by atoms with Crippen LogP contribution in [0.25, 0.3) is 0 Å². The van der Waals surface area contributed by atoms with Crippen LogP contribution in [0.2, 0.25) is 0 Å². The van der Waals surface area contributed by atoms with E-state index in [1.54, 1.807) is 61.8 Å². The molecule has 3 aromatic rings. The summed E-state index contributed by atoms with van der Waals surface area (Å²) in [6.07, 6.45) is 1.56. The second-order valence-corrected chi connectivity index (χ2v) is 5.25. The molecular formula is C19H16FN3O2. The highest BCUT2D eigenvalue weighted by molar-refractivity contribution is 6.04. The molecule has 0 aliphatic carbocycles. The van der Waals surface area contributed by atoms with Gasteiger partial charge in [0.1, 0.15) is 17.4 Å². The van der Waals surface area contributed by atoms with E-state index in [1.807, 2.05) is 0 Å². The van der Waals surface area contributed by atoms with Gasteiger partial charge in [-0.05, 0) is 48.5 Å². The minimum Gasteiger partial charge on any atom is -0.497 e. The van der Waals surface area contributed by atoms with E-state index >= 15 is 0 Å². The number of aromatic nitrogens is 1. The zero-order valence-electron chi connectivity index (χ0n) is 13.5. The summed E-state index contributed by atoms with van der Waals surface area (Å²) in [6, 6.07) is 16.4. The normalized spacial score (nSPS) is 10.2. The monoisotopic (exact) mass is 337 g/mol. The van der Waals surface area contributed by atoms with Crippen molar-refractivity contribution in [2.24, 2.45) is 0 Å². The molecule has 0 aliphatic rings. The molecule has 5 nitrogen and oxygen atoms in total. The van der Waals surface area contributed by atoms with E-state index in [0.29, 0.717) is 28.5 Å². The molecule has 0 atom stereocenters. The smallest absolute Gasteiger partial charge is 0.256 e. The number of nitrogens with zero attached hydrogens (tertiary/aromatic N) is 1. The lowest BCUT2D eigenvalue weighted by molar-refractivity contribution is 0.102. The van der Waals surface area contributed by atoms with Gasteiger partial charge in [0.25, 0.3) is 5.91 Å². The lowest BCUT2D eigenvalue weighted by atomic mass is 10.2. The highest BCUT2D eigenvalue weighted by Crippen LogP contribution is 2.18. The molecule has 126 valence electrons. The topological polar surface area (TPSA) is 63.2 Å². The second kappa shape index (κ2) is 7.44. The average Bonchev–Trinajstić information content (AvgIpc) is 2.63. The Morgan fingerprint density at radius 2 is 1.88 bits per heavy atom. The summed E-state index contributed by atoms with van der Waals surface area (Å²) in [7, 11) is 1.54. The van der Waals surface area contributed by atoms with Gasteiger partial charge in [0.15, 0.2) is 0 Å². The van der Waals surface area contributed by atoms with E-state index in [-0.39, 0.29) is 11.7 Å². The van der Waals surface area contributed by atoms with E-state index in [1.165, 1.54) is 12.1 Å². The van der Waals surface area contributed by atoms with Crippen LogP contribution in [0, 0.1) is 5.82 Å². The second-order valence-electron chi connectivity index (χ2n) is 5.25. The van der Waals surface area contributed by atoms with Crippen molar-refractivity contribution in [3.8, 4) is 5.75 Å². The van der Waals surface area contributed by atoms with Crippen molar-refractivity contribution in [3.63, 3.8) is 0 Å². The third-order valence-corrected chi connectivity index (χ3v) is 3.45. The number of carbonyl (C=O) groups excluding carboxylic acids is 1. The number of benzene rings is 2. The third-order valence-electron chi connectivity index (χ3n) is 3.45. The first-order chi connectivity index (χ1) is 12.1. The van der Waals surface area contributed by atoms with Gasteiger partial charge >= 0.3 is 0 Å². The van der Waals surface area contributed by atoms with Gasteiger partial charge in [-0.25, -0.2) is 9.37 Å². The Hall–Kier alpha value is -3.41. The summed E-state index contributed by atoms with van der Waals surface area (Å²) >= 11 is 0. The van der Waals surface area contributed by atoms with E-state index in [4.69, 9.17) is 4.74 Å². The molecular weight excluding hydrogens is 321 g/mol. The number of amides is 1. The number of methoxy groups -OCH3 is 1. The van der Waals surface area contributed by atoms with Crippen molar-refractivity contribution in [2.75, 3.05) is 17.7 Å². The molecule has 25 heavy (non-hydrogen) atoms. The number of hydrogen-bond acceptors (Lipinski definition) is 4. The number of anilines is 3. The molecule has 1 aromatic heterocycles. The number of rotatable bonds is 5. The molecule has 0 bridgehead atoms. The molecule has 6 heteroatoms. The zero-order chi connectivity index (χ0) is 17.6. The van der Waals surface area contributed by atoms with Crippen LogP contribution in [0.5, 0.6) is 5.75 Å². The van der Waals surface area contributed by atoms with Gasteiger partial charge in [-0.3, -0.25) is 4.79 Å². The van der Waals surface area contributed by atoms with Crippen LogP contribution in [-0.2, 0) is 0 Å². The third kappa shape index (κ3) is 4.32. The summed E-state index contributed by atoms with van der Waals surface area (Å²) in [6.45, 7) is 0. The first-order valence-electron chi connectivity index (χ1n) is 7.58. The molecule has 1 heterocycles. The quantitative estimate of drug-likeness (QED) is 0.731. The number of hydrogen-bond donors (Lipinski definition) is 2. The zero-order valence-corrected chi connectivity index (χ0v) is 13.5. The van der Waals surface area contributed by atoms with E-state index < -0.39 is 0 Å². The van der Waals surface area contributed by atoms with Gasteiger partial charge in [0.05, 0.1) is 19.0 Å². The average molecular weight is 337 g/mol. The molecule has 0 radical (unpaired) electrons. The minimum absolute atomic E-state index is 0.280. The van der Waals surface area contributed by atoms with Gasteiger partial charge in [-0.1, -0.05) is 12.1 Å². The molecule has 0 unspecified atom stereocenters. The highest BCUT2D eigenvalue weighted by Gasteiger charge is 2.08. The maximum atomic E-state index is 13.2. The van der Waals surface area contributed by atoms with Crippen LogP contribution < -0.4 is 15.4 Å². The van der Waals surface area contributed by atoms with Gasteiger partial charge in [0, 0.05) is 11.3 Å². The fraction of sp³-hybridized carbons (Fsp3) is 0.0526. The van der Waals surface area contributed by atoms with Crippen LogP contribution >= 0.6 is 0 Å². The number of halogens is 1. The van der Waals surface area contributed by atoms with Crippen LogP contribution in [0.3, 0.4) is 0 Å². The molecule has 1 amide bonds. The Labute approximate surface area is 144 Å². The van der Waals surface area contributed by atoms with Crippen molar-refractivity contribution in [1.82, 2.24) is 4.98 Å². The molecule has 2 aromatic carbocycles. The van der Waals surface area contributed by atoms with Gasteiger partial charge in [-0.15, -0.1) is 0 Å². The number of ether oxygens (including phenoxy) is 1. The molecule has 0 fully saturated rings. The SMILES string of the molecule is COc1cccc(C(=O)Nc2ccc(Nc3cccc(F)c3)cn2)c1. The summed E-state index contributed by atoms with van der Waals surface area (Å²) in [4.78, 5) is 16.4. The number of pyridine rings is 1. The van der Waals surface area contributed by atoms with Crippen molar-refractivity contribution >= 4 is 23.1 Å². The number of carbonyl (C=O) groups is 1. The Bertz CT molecular complexity index is 882. The predicted octanol–water partition coefficient (Wildman–Crippen LogP) is 4.23. The predicted molar refractivity (Wildman–Crippen MR) is 94.9 cm³/mol. The van der Waals surface area contributed by atoms with Crippen LogP contribution in [0.15, 0.2) is 66.9 Å². The first kappa shape index (κ1) is 16.4. The largest absolute Gasteiger partial charge is 0.497 e. The molecule has 3 rings (SSSR count). The molecule has 0 saturated carbocycles. The first-order valence-corrected chi connectivity index (χ1v) is 7.58. The summed E-state index contributed by atoms with van der Waals surface area (Å²) in [5.41, 5.74) is 1.78. The van der Waals surface area contributed by atoms with E-state index in [0.717, 1.165) is 0 Å². The van der Waals surface area contributed by atoms with Crippen LogP contribution in [-0.4, -0.2) is 18.0 Å². The Kier molecular flexibility index (Phi) is 4.89. The molecule has 2 N–H and O–H groups in total. The summed E-state index contributed by atoms with van der Waals surface area (Å²) in [5, 5.41) is 5.76. The Balaban J connectivity index is 1.66. The van der Waals surface area contributed by atoms with Gasteiger partial charge in [0.2, 0.25) is 0 Å². The molecule has 0 spiro atoms. The Morgan fingerprint density at radius 1 is 1.04 bits per heavy atom. The molecule has 0 saturated heterocycles. The molecule has 0 aliphatic heterocycles. The fourth-order valence-electron chi connectivity index (χ4n) is 2.23. The van der Waals surface area contributed by atoms with Crippen molar-refractivity contribution in [2.45, 2.75) is 0 Å². The fourth-order valence-corrected chi connectivity index (χ4v) is 2.23. The lowest BCUT2D eigenvalue weighted by Gasteiger charge is -2.08. The summed E-state index contributed by atoms with van der Waals surface area (Å²) in [5.74, 6) is 0.422. The van der Waals surface area contributed by atoms with E-state index in [9.17, 15) is 9.18 Å².